The van der Waals surface area contributed by atoms with Gasteiger partial charge in [-0.05, 0) is 0 Å². The molecule has 1 aliphatic heterocycles. The molecule has 0 bridgehead atoms. The first kappa shape index (κ1) is 18.3. The molecule has 24 heavy (non-hydrogen) atoms. The van der Waals surface area contributed by atoms with Crippen molar-refractivity contribution >= 4 is 13.3 Å². The second-order valence-corrected chi connectivity index (χ2v) is 21.6. The molecule has 2 atom stereocenters. The molecule has 0 nitrogen and oxygen atoms in total. The minimum atomic E-state index is -2.07. The van der Waals surface area contributed by atoms with Crippen LogP contribution in [0.25, 0.3) is 0 Å². The van der Waals surface area contributed by atoms with Gasteiger partial charge in [0.1, 0.15) is 0 Å². The minimum absolute atomic E-state index is 0.198. The number of rotatable bonds is 0. The van der Waals surface area contributed by atoms with Gasteiger partial charge in [-0.2, -0.15) is 0 Å². The Morgan fingerprint density at radius 3 is 1.38 bits per heavy atom. The molecule has 0 aromatic rings. The topological polar surface area (TPSA) is 0 Å². The van der Waals surface area contributed by atoms with Crippen LogP contribution in [0, 0.1) is 16.2 Å². The van der Waals surface area contributed by atoms with Gasteiger partial charge in [-0.1, -0.05) is 0 Å². The molecule has 0 radical (unpaired) electrons. The van der Waals surface area contributed by atoms with Gasteiger partial charge in [-0.3, -0.25) is 0 Å². The fraction of sp³-hybridized carbons (Fsp3) is 0.652. The van der Waals surface area contributed by atoms with Crippen LogP contribution in [0.4, 0.5) is 0 Å². The standard InChI is InChI=1S/C23H36Ge/c1-21(2,3)15-11-17-19(13-15)24(9,10)20-14-16(22(4,5)6)12-18(20)23(17,7)8/h11-14,19-20H,1-10H3. The summed E-state index contributed by atoms with van der Waals surface area (Å²) in [6, 6.07) is 0. The van der Waals surface area contributed by atoms with E-state index in [2.05, 4.69) is 91.2 Å². The molecule has 0 spiro atoms. The van der Waals surface area contributed by atoms with E-state index in [9.17, 15) is 0 Å². The van der Waals surface area contributed by atoms with Crippen LogP contribution < -0.4 is 0 Å². The van der Waals surface area contributed by atoms with Gasteiger partial charge >= 0.3 is 153 Å². The van der Waals surface area contributed by atoms with Gasteiger partial charge in [-0.25, -0.2) is 0 Å². The summed E-state index contributed by atoms with van der Waals surface area (Å²) >= 11 is -2.07. The third kappa shape index (κ3) is 2.55. The van der Waals surface area contributed by atoms with Gasteiger partial charge in [0.05, 0.1) is 0 Å². The first-order valence-electron chi connectivity index (χ1n) is 9.55. The SMILES string of the molecule is CC(C)(C)C1=C[CH]2C(=C1)C(C)(C)C1=CC(C(C)(C)C)=C[CH]1[Ge]2([CH3])[CH3]. The molecule has 0 aromatic heterocycles. The summed E-state index contributed by atoms with van der Waals surface area (Å²) in [7, 11) is 0. The molecule has 3 aliphatic rings. The molecule has 0 aromatic carbocycles. The van der Waals surface area contributed by atoms with Crippen LogP contribution in [0.15, 0.2) is 46.6 Å². The molecule has 1 saturated heterocycles. The zero-order chi connectivity index (χ0) is 18.3. The van der Waals surface area contributed by atoms with Crippen LogP contribution in [0.1, 0.15) is 55.4 Å². The molecule has 132 valence electrons. The third-order valence-electron chi connectivity index (χ3n) is 6.76. The van der Waals surface area contributed by atoms with Crippen molar-refractivity contribution in [2.24, 2.45) is 16.2 Å². The Morgan fingerprint density at radius 2 is 1.08 bits per heavy atom. The van der Waals surface area contributed by atoms with E-state index in [1.807, 2.05) is 0 Å². The fourth-order valence-corrected chi connectivity index (χ4v) is 13.4. The number of hydrogen-bond donors (Lipinski definition) is 0. The summed E-state index contributed by atoms with van der Waals surface area (Å²) in [6.45, 7) is 19.1. The van der Waals surface area contributed by atoms with E-state index in [4.69, 9.17) is 0 Å². The predicted molar refractivity (Wildman–Crippen MR) is 110 cm³/mol. The van der Waals surface area contributed by atoms with Crippen molar-refractivity contribution in [1.29, 1.82) is 0 Å². The zero-order valence-corrected chi connectivity index (χ0v) is 19.6. The summed E-state index contributed by atoms with van der Waals surface area (Å²) in [5, 5.41) is 0. The summed E-state index contributed by atoms with van der Waals surface area (Å²) in [5.41, 5.74) is 7.27. The quantitative estimate of drug-likeness (QED) is 0.384. The van der Waals surface area contributed by atoms with Crippen LogP contribution in [-0.2, 0) is 0 Å². The summed E-state index contributed by atoms with van der Waals surface area (Å²) in [6.07, 6.45) is 10.5. The molecule has 0 N–H and O–H groups in total. The third-order valence-corrected chi connectivity index (χ3v) is 15.5. The molecule has 1 heteroatoms. The number of fused-ring (bicyclic) bond motifs is 2. The zero-order valence-electron chi connectivity index (χ0n) is 17.5. The van der Waals surface area contributed by atoms with Crippen molar-refractivity contribution in [3.63, 3.8) is 0 Å². The van der Waals surface area contributed by atoms with Gasteiger partial charge in [0.2, 0.25) is 0 Å². The van der Waals surface area contributed by atoms with Crippen molar-refractivity contribution in [2.75, 3.05) is 0 Å². The molecule has 1 fully saturated rings. The molecule has 2 unspecified atom stereocenters. The van der Waals surface area contributed by atoms with Crippen LogP contribution in [-0.4, -0.2) is 13.3 Å². The van der Waals surface area contributed by atoms with E-state index in [0.29, 0.717) is 0 Å². The second kappa shape index (κ2) is 5.03. The molecular weight excluding hydrogens is 349 g/mol. The van der Waals surface area contributed by atoms with Crippen molar-refractivity contribution in [3.05, 3.63) is 46.6 Å². The van der Waals surface area contributed by atoms with Crippen LogP contribution in [0.2, 0.25) is 21.0 Å². The van der Waals surface area contributed by atoms with E-state index < -0.39 is 13.3 Å². The van der Waals surface area contributed by atoms with Crippen molar-refractivity contribution in [2.45, 2.75) is 76.4 Å². The Kier molecular flexibility index (Phi) is 3.83. The van der Waals surface area contributed by atoms with Crippen LogP contribution >= 0.6 is 0 Å². The Hall–Kier alpha value is -0.497. The molecule has 0 saturated carbocycles. The van der Waals surface area contributed by atoms with Crippen LogP contribution in [0.5, 0.6) is 0 Å². The van der Waals surface area contributed by atoms with Crippen LogP contribution in [0.3, 0.4) is 0 Å². The summed E-state index contributed by atoms with van der Waals surface area (Å²) in [4.78, 5) is 0. The second-order valence-electron chi connectivity index (χ2n) is 11.3. The normalized spacial score (nSPS) is 30.9. The van der Waals surface area contributed by atoms with Crippen molar-refractivity contribution in [3.8, 4) is 0 Å². The predicted octanol–water partition coefficient (Wildman–Crippen LogP) is 7.30. The molecule has 3 rings (SSSR count). The Labute approximate surface area is 152 Å². The Morgan fingerprint density at radius 1 is 0.750 bits per heavy atom. The Bertz CT molecular complexity index is 635. The summed E-state index contributed by atoms with van der Waals surface area (Å²) in [5.74, 6) is 5.33. The maximum atomic E-state index is 2.66. The van der Waals surface area contributed by atoms with Gasteiger partial charge in [0.15, 0.2) is 0 Å². The summed E-state index contributed by atoms with van der Waals surface area (Å²) < 4.78 is 1.49. The molecule has 2 aliphatic carbocycles. The van der Waals surface area contributed by atoms with E-state index in [-0.39, 0.29) is 16.2 Å². The van der Waals surface area contributed by atoms with Crippen molar-refractivity contribution < 1.29 is 0 Å². The van der Waals surface area contributed by atoms with Gasteiger partial charge < -0.3 is 0 Å². The fourth-order valence-electron chi connectivity index (χ4n) is 4.81. The molecule has 1 heterocycles. The van der Waals surface area contributed by atoms with Crippen molar-refractivity contribution in [1.82, 2.24) is 0 Å². The maximum absolute atomic E-state index is 2.66. The van der Waals surface area contributed by atoms with E-state index in [1.165, 1.54) is 0 Å². The average Bonchev–Trinajstić information content (AvgIpc) is 3.02. The van der Waals surface area contributed by atoms with Gasteiger partial charge in [-0.15, -0.1) is 0 Å². The number of hydrogen-bond acceptors (Lipinski definition) is 0. The monoisotopic (exact) mass is 386 g/mol. The van der Waals surface area contributed by atoms with E-state index in [0.717, 1.165) is 9.50 Å². The average molecular weight is 385 g/mol. The first-order chi connectivity index (χ1) is 10.7. The van der Waals surface area contributed by atoms with E-state index >= 15 is 0 Å². The van der Waals surface area contributed by atoms with Gasteiger partial charge in [0.25, 0.3) is 0 Å². The Balaban J connectivity index is 2.15. The van der Waals surface area contributed by atoms with Gasteiger partial charge in [0, 0.05) is 0 Å². The number of allylic oxidation sites excluding steroid dienone is 8. The molecular formula is C23H36Ge. The first-order valence-corrected chi connectivity index (χ1v) is 16.2. The molecule has 0 amide bonds. The van der Waals surface area contributed by atoms with E-state index in [1.54, 1.807) is 22.3 Å².